The maximum Gasteiger partial charge on any atom is 0.262 e. The highest BCUT2D eigenvalue weighted by atomic mass is 16.5. The second-order valence-corrected chi connectivity index (χ2v) is 6.58. The van der Waals surface area contributed by atoms with Gasteiger partial charge in [0.05, 0.1) is 11.9 Å². The van der Waals surface area contributed by atoms with Crippen LogP contribution in [0.3, 0.4) is 0 Å². The normalized spacial score (nSPS) is 12.7. The summed E-state index contributed by atoms with van der Waals surface area (Å²) in [6, 6.07) is 13.1. The van der Waals surface area contributed by atoms with Crippen LogP contribution in [0.4, 0.5) is 11.4 Å². The summed E-state index contributed by atoms with van der Waals surface area (Å²) in [5, 5.41) is 5.52. The number of fused-ring (bicyclic) bond motifs is 1. The molecule has 2 amide bonds. The molecule has 2 heterocycles. The Kier molecular flexibility index (Phi) is 4.80. The molecular formula is C21H19N3O4. The fourth-order valence-corrected chi connectivity index (χ4v) is 2.88. The number of nitrogens with one attached hydrogen (secondary N) is 2. The molecule has 0 unspecified atom stereocenters. The van der Waals surface area contributed by atoms with E-state index in [1.54, 1.807) is 24.4 Å². The number of anilines is 2. The second-order valence-electron chi connectivity index (χ2n) is 6.58. The maximum absolute atomic E-state index is 12.2. The van der Waals surface area contributed by atoms with Gasteiger partial charge in [-0.15, -0.1) is 0 Å². The molecule has 0 spiro atoms. The van der Waals surface area contributed by atoms with Crippen LogP contribution >= 0.6 is 0 Å². The molecular weight excluding hydrogens is 358 g/mol. The van der Waals surface area contributed by atoms with Crippen LogP contribution in [0.15, 0.2) is 53.1 Å². The molecule has 1 aliphatic rings. The predicted octanol–water partition coefficient (Wildman–Crippen LogP) is 3.55. The summed E-state index contributed by atoms with van der Waals surface area (Å²) >= 11 is 0. The van der Waals surface area contributed by atoms with E-state index in [4.69, 9.17) is 9.15 Å². The number of aromatic nitrogens is 1. The van der Waals surface area contributed by atoms with Gasteiger partial charge >= 0.3 is 0 Å². The number of aryl methyl sites for hydroxylation is 2. The molecule has 3 aromatic rings. The number of rotatable bonds is 5. The SMILES string of the molecule is Cc1ccc(-c2cnc(CCC(=O)Nc3ccc4c(c3)NC(=O)CO4)o2)cc1. The van der Waals surface area contributed by atoms with Gasteiger partial charge in [-0.2, -0.15) is 0 Å². The van der Waals surface area contributed by atoms with Gasteiger partial charge in [0.25, 0.3) is 5.91 Å². The molecule has 2 aromatic carbocycles. The summed E-state index contributed by atoms with van der Waals surface area (Å²) in [5.41, 5.74) is 3.26. The number of benzene rings is 2. The van der Waals surface area contributed by atoms with E-state index in [1.807, 2.05) is 31.2 Å². The van der Waals surface area contributed by atoms with Crippen molar-refractivity contribution in [3.8, 4) is 17.1 Å². The Balaban J connectivity index is 1.34. The summed E-state index contributed by atoms with van der Waals surface area (Å²) in [5.74, 6) is 1.39. The van der Waals surface area contributed by atoms with Crippen molar-refractivity contribution in [3.63, 3.8) is 0 Å². The molecule has 0 saturated carbocycles. The molecule has 4 rings (SSSR count). The van der Waals surface area contributed by atoms with Crippen LogP contribution in [0.5, 0.6) is 5.75 Å². The molecule has 0 atom stereocenters. The standard InChI is InChI=1S/C21H19N3O4/c1-13-2-4-14(5-3-13)18-11-22-21(28-18)9-8-19(25)23-15-6-7-17-16(10-15)24-20(26)12-27-17/h2-7,10-11H,8-9,12H2,1H3,(H,23,25)(H,24,26). The van der Waals surface area contributed by atoms with Crippen LogP contribution in [0.25, 0.3) is 11.3 Å². The largest absolute Gasteiger partial charge is 0.482 e. The number of hydrogen-bond acceptors (Lipinski definition) is 5. The lowest BCUT2D eigenvalue weighted by Gasteiger charge is -2.18. The zero-order valence-corrected chi connectivity index (χ0v) is 15.3. The van der Waals surface area contributed by atoms with Crippen LogP contribution in [-0.2, 0) is 16.0 Å². The molecule has 1 aromatic heterocycles. The highest BCUT2D eigenvalue weighted by molar-refractivity contribution is 5.97. The number of nitrogens with zero attached hydrogens (tertiary/aromatic N) is 1. The van der Waals surface area contributed by atoms with E-state index in [2.05, 4.69) is 15.6 Å². The molecule has 7 nitrogen and oxygen atoms in total. The van der Waals surface area contributed by atoms with Crippen LogP contribution in [0.1, 0.15) is 17.9 Å². The third-order valence-corrected chi connectivity index (χ3v) is 4.35. The third-order valence-electron chi connectivity index (χ3n) is 4.35. The van der Waals surface area contributed by atoms with Gasteiger partial charge < -0.3 is 19.8 Å². The van der Waals surface area contributed by atoms with Gasteiger partial charge in [-0.1, -0.05) is 29.8 Å². The van der Waals surface area contributed by atoms with Gasteiger partial charge in [0.1, 0.15) is 5.75 Å². The van der Waals surface area contributed by atoms with Gasteiger partial charge in [-0.3, -0.25) is 9.59 Å². The second kappa shape index (κ2) is 7.56. The zero-order chi connectivity index (χ0) is 19.5. The summed E-state index contributed by atoms with van der Waals surface area (Å²) in [7, 11) is 0. The van der Waals surface area contributed by atoms with Crippen molar-refractivity contribution >= 4 is 23.2 Å². The first kappa shape index (κ1) is 17.8. The Bertz CT molecular complexity index is 1020. The zero-order valence-electron chi connectivity index (χ0n) is 15.3. The van der Waals surface area contributed by atoms with Crippen LogP contribution in [0.2, 0.25) is 0 Å². The third kappa shape index (κ3) is 4.03. The van der Waals surface area contributed by atoms with E-state index >= 15 is 0 Å². The van der Waals surface area contributed by atoms with Crippen molar-refractivity contribution in [3.05, 3.63) is 60.1 Å². The minimum atomic E-state index is -0.218. The van der Waals surface area contributed by atoms with Gasteiger partial charge in [-0.25, -0.2) is 4.98 Å². The van der Waals surface area contributed by atoms with Crippen molar-refractivity contribution in [2.24, 2.45) is 0 Å². The summed E-state index contributed by atoms with van der Waals surface area (Å²) in [4.78, 5) is 27.9. The van der Waals surface area contributed by atoms with Crippen molar-refractivity contribution in [1.82, 2.24) is 4.98 Å². The van der Waals surface area contributed by atoms with E-state index in [9.17, 15) is 9.59 Å². The van der Waals surface area contributed by atoms with Gasteiger partial charge in [-0.05, 0) is 25.1 Å². The van der Waals surface area contributed by atoms with E-state index in [-0.39, 0.29) is 24.8 Å². The van der Waals surface area contributed by atoms with E-state index in [1.165, 1.54) is 5.56 Å². The lowest BCUT2D eigenvalue weighted by Crippen LogP contribution is -2.25. The monoisotopic (exact) mass is 377 g/mol. The molecule has 1 aliphatic heterocycles. The number of carbonyl (C=O) groups excluding carboxylic acids is 2. The van der Waals surface area contributed by atoms with Gasteiger partial charge in [0.15, 0.2) is 18.3 Å². The Morgan fingerprint density at radius 2 is 2.04 bits per heavy atom. The van der Waals surface area contributed by atoms with Crippen LogP contribution in [0, 0.1) is 6.92 Å². The highest BCUT2D eigenvalue weighted by Crippen LogP contribution is 2.30. The minimum absolute atomic E-state index is 0.000566. The minimum Gasteiger partial charge on any atom is -0.482 e. The fraction of sp³-hybridized carbons (Fsp3) is 0.190. The topological polar surface area (TPSA) is 93.5 Å². The Hall–Kier alpha value is -3.61. The van der Waals surface area contributed by atoms with Crippen molar-refractivity contribution < 1.29 is 18.7 Å². The molecule has 0 saturated heterocycles. The number of carbonyl (C=O) groups is 2. The lowest BCUT2D eigenvalue weighted by atomic mass is 10.1. The number of ether oxygens (including phenoxy) is 1. The Labute approximate surface area is 161 Å². The number of hydrogen-bond donors (Lipinski definition) is 2. The molecule has 2 N–H and O–H groups in total. The average Bonchev–Trinajstić information content (AvgIpc) is 3.16. The number of amides is 2. The van der Waals surface area contributed by atoms with Crippen molar-refractivity contribution in [2.75, 3.05) is 17.2 Å². The quantitative estimate of drug-likeness (QED) is 0.709. The lowest BCUT2D eigenvalue weighted by molar-refractivity contribution is -0.118. The summed E-state index contributed by atoms with van der Waals surface area (Å²) in [6.07, 6.45) is 2.29. The molecule has 0 bridgehead atoms. The van der Waals surface area contributed by atoms with Crippen LogP contribution in [-0.4, -0.2) is 23.4 Å². The fourth-order valence-electron chi connectivity index (χ4n) is 2.88. The Morgan fingerprint density at radius 3 is 2.86 bits per heavy atom. The molecule has 0 fully saturated rings. The maximum atomic E-state index is 12.2. The smallest absolute Gasteiger partial charge is 0.262 e. The molecule has 142 valence electrons. The van der Waals surface area contributed by atoms with Gasteiger partial charge in [0, 0.05) is 24.1 Å². The highest BCUT2D eigenvalue weighted by Gasteiger charge is 2.16. The first-order valence-electron chi connectivity index (χ1n) is 8.95. The predicted molar refractivity (Wildman–Crippen MR) is 104 cm³/mol. The molecule has 28 heavy (non-hydrogen) atoms. The Morgan fingerprint density at radius 1 is 1.21 bits per heavy atom. The molecule has 7 heteroatoms. The van der Waals surface area contributed by atoms with E-state index < -0.39 is 0 Å². The van der Waals surface area contributed by atoms with Crippen molar-refractivity contribution in [2.45, 2.75) is 19.8 Å². The van der Waals surface area contributed by atoms with E-state index in [0.29, 0.717) is 35.2 Å². The molecule has 0 radical (unpaired) electrons. The first-order chi connectivity index (χ1) is 13.6. The van der Waals surface area contributed by atoms with E-state index in [0.717, 1.165) is 5.56 Å². The van der Waals surface area contributed by atoms with Crippen molar-refractivity contribution in [1.29, 1.82) is 0 Å². The average molecular weight is 377 g/mol. The first-order valence-corrected chi connectivity index (χ1v) is 8.95. The summed E-state index contributed by atoms with van der Waals surface area (Å²) in [6.45, 7) is 2.02. The summed E-state index contributed by atoms with van der Waals surface area (Å²) < 4.78 is 11.0. The number of oxazole rings is 1. The van der Waals surface area contributed by atoms with Gasteiger partial charge in [0.2, 0.25) is 5.91 Å². The molecule has 0 aliphatic carbocycles. The van der Waals surface area contributed by atoms with Crippen LogP contribution < -0.4 is 15.4 Å².